The number of hydrogen-bond acceptors (Lipinski definition) is 6. The molecule has 0 amide bonds. The summed E-state index contributed by atoms with van der Waals surface area (Å²) in [6.45, 7) is 0. The molecule has 0 saturated carbocycles. The Morgan fingerprint density at radius 2 is 1.10 bits per heavy atom. The molecule has 5 rings (SSSR count). The number of aromatic nitrogens is 2. The molecule has 15 heteroatoms. The number of rotatable bonds is 4. The number of pyridine rings is 2. The largest absolute Gasteiger partial charge is 0 e. The first-order valence-electron chi connectivity index (χ1n) is 9.97. The van der Waals surface area contributed by atoms with Crippen LogP contribution in [0.5, 0.6) is 0 Å². The predicted molar refractivity (Wildman–Crippen MR) is 156 cm³/mol. The summed E-state index contributed by atoms with van der Waals surface area (Å²) < 4.78 is 69.1. The third-order valence-corrected chi connectivity index (χ3v) is 7.27. The van der Waals surface area contributed by atoms with Crippen molar-refractivity contribution in [2.45, 2.75) is 9.92 Å². The van der Waals surface area contributed by atoms with E-state index in [1.165, 1.54) is 6.20 Å². The van der Waals surface area contributed by atoms with Crippen LogP contribution in [0.1, 0.15) is 0 Å². The minimum absolute atomic E-state index is 0. The van der Waals surface area contributed by atoms with Crippen LogP contribution in [0, 0.1) is 0 Å². The molecule has 0 bridgehead atoms. The molecule has 0 fully saturated rings. The van der Waals surface area contributed by atoms with Crippen molar-refractivity contribution in [1.29, 1.82) is 0 Å². The zero-order valence-electron chi connectivity index (χ0n) is 17.7. The number of benzene rings is 3. The fraction of sp³-hybridized carbons (Fsp3) is 0. The normalized spacial score (nSPS) is 10.7. The zero-order chi connectivity index (χ0) is 24.1. The average molecular weight is 690 g/mol. The number of hydrogen-bond donors (Lipinski definition) is 2. The summed E-state index contributed by atoms with van der Waals surface area (Å²) in [7, 11) is -10.3. The third kappa shape index (κ3) is 8.31. The molecule has 0 aliphatic rings. The zero-order valence-corrected chi connectivity index (χ0v) is 21.0. The predicted octanol–water partition coefficient (Wildman–Crippen LogP) is 2.01. The van der Waals surface area contributed by atoms with E-state index in [1.807, 2.05) is 30.3 Å². The van der Waals surface area contributed by atoms with Crippen LogP contribution in [0.3, 0.4) is 0 Å². The van der Waals surface area contributed by atoms with E-state index in [0.29, 0.717) is 16.5 Å². The molecular formula is C24H20N2Na4O6RuS2. The van der Waals surface area contributed by atoms with Gasteiger partial charge >= 0.3 is 128 Å². The van der Waals surface area contributed by atoms with E-state index in [-0.39, 0.29) is 154 Å². The van der Waals surface area contributed by atoms with Gasteiger partial charge in [-0.1, -0.05) is 72.8 Å². The molecule has 0 aliphatic carbocycles. The molecule has 2 aromatic heterocycles. The van der Waals surface area contributed by atoms with Crippen LogP contribution in [0.25, 0.3) is 44.1 Å². The minimum Gasteiger partial charge on any atom is 0 e. The van der Waals surface area contributed by atoms with E-state index in [2.05, 4.69) is 9.97 Å². The van der Waals surface area contributed by atoms with E-state index >= 15 is 0 Å². The van der Waals surface area contributed by atoms with E-state index in [1.54, 1.807) is 48.5 Å². The third-order valence-electron chi connectivity index (χ3n) is 5.44. The molecule has 39 heavy (non-hydrogen) atoms. The molecule has 0 radical (unpaired) electrons. The summed E-state index contributed by atoms with van der Waals surface area (Å²) in [4.78, 5) is 7.42. The molecule has 186 valence electrons. The summed E-state index contributed by atoms with van der Waals surface area (Å²) in [5.74, 6) is 0. The molecule has 0 saturated heterocycles. The van der Waals surface area contributed by atoms with Gasteiger partial charge in [0, 0.05) is 42.0 Å². The minimum atomic E-state index is -5.15. The molecular weight excluding hydrogens is 669 g/mol. The Kier molecular flexibility index (Phi) is 16.5. The summed E-state index contributed by atoms with van der Waals surface area (Å²) in [5, 5.41) is -0.272. The first-order chi connectivity index (χ1) is 16.2. The van der Waals surface area contributed by atoms with Crippen molar-refractivity contribution in [3.8, 4) is 22.3 Å². The van der Waals surface area contributed by atoms with Crippen LogP contribution in [0.2, 0.25) is 0 Å². The van der Waals surface area contributed by atoms with Crippen molar-refractivity contribution in [3.05, 3.63) is 85.1 Å². The second-order valence-corrected chi connectivity index (χ2v) is 10.2. The van der Waals surface area contributed by atoms with Gasteiger partial charge in [0.2, 0.25) is 5.03 Å². The van der Waals surface area contributed by atoms with Crippen LogP contribution in [-0.2, 0) is 39.7 Å². The molecule has 0 spiro atoms. The maximum atomic E-state index is 12.4. The molecule has 2 heterocycles. The summed E-state index contributed by atoms with van der Waals surface area (Å²) in [6, 6.07) is 22.7. The fourth-order valence-electron chi connectivity index (χ4n) is 4.08. The first kappa shape index (κ1) is 39.9. The molecule has 8 nitrogen and oxygen atoms in total. The van der Waals surface area contributed by atoms with Crippen molar-refractivity contribution < 1.29 is 45.4 Å². The summed E-state index contributed by atoms with van der Waals surface area (Å²) >= 11 is 0. The van der Waals surface area contributed by atoms with Gasteiger partial charge in [0.15, 0.2) is 0 Å². The molecule has 3 aromatic carbocycles. The van der Waals surface area contributed by atoms with Crippen molar-refractivity contribution in [1.82, 2.24) is 9.97 Å². The van der Waals surface area contributed by atoms with E-state index in [0.717, 1.165) is 11.1 Å². The van der Waals surface area contributed by atoms with E-state index < -0.39 is 30.2 Å². The fourth-order valence-corrected chi connectivity index (χ4v) is 6.00. The maximum absolute atomic E-state index is 12.4. The van der Waals surface area contributed by atoms with Gasteiger partial charge in [-0.2, -0.15) is 16.8 Å². The maximum Gasteiger partial charge on any atom is 0 e. The Morgan fingerprint density at radius 3 is 1.62 bits per heavy atom. The Bertz CT molecular complexity index is 1810. The molecule has 0 aliphatic heterocycles. The van der Waals surface area contributed by atoms with Crippen LogP contribution >= 0.6 is 0 Å². The Balaban J connectivity index is 0.00000289. The standard InChI is InChI=1S/C24H16N2O6S2.4Na.Ru.4H/c27-33(28,29)23-20(16-9-5-2-6-10-16)19-12-11-18-17(15-7-3-1-4-8-15)13-14-25-21(18)22(19)26-24(23)34(30,31)32;;;;;;;;;/h1-14H,(H,27,28,29)(H,30,31,32);;;;;;;;;. The summed E-state index contributed by atoms with van der Waals surface area (Å²) in [5.41, 5.74) is 2.28. The van der Waals surface area contributed by atoms with E-state index in [4.69, 9.17) is 0 Å². The first-order valence-corrected chi connectivity index (χ1v) is 12.9. The molecule has 0 atom stereocenters. The van der Waals surface area contributed by atoms with E-state index in [9.17, 15) is 25.9 Å². The van der Waals surface area contributed by atoms with Gasteiger partial charge in [0.1, 0.15) is 4.90 Å². The smallest absolute Gasteiger partial charge is 0 e. The van der Waals surface area contributed by atoms with Gasteiger partial charge in [0.25, 0.3) is 10.1 Å². The van der Waals surface area contributed by atoms with Crippen LogP contribution in [-0.4, -0.2) is 154 Å². The van der Waals surface area contributed by atoms with Gasteiger partial charge in [0.05, 0.1) is 11.0 Å². The van der Waals surface area contributed by atoms with Crippen molar-refractivity contribution in [2.75, 3.05) is 0 Å². The van der Waals surface area contributed by atoms with Crippen molar-refractivity contribution in [2.24, 2.45) is 0 Å². The second-order valence-electron chi connectivity index (χ2n) is 7.52. The Morgan fingerprint density at radius 1 is 0.590 bits per heavy atom. The molecule has 0 unspecified atom stereocenters. The van der Waals surface area contributed by atoms with Crippen LogP contribution < -0.4 is 0 Å². The number of fused-ring (bicyclic) bond motifs is 3. The summed E-state index contributed by atoms with van der Waals surface area (Å²) in [6.07, 6.45) is 1.54. The van der Waals surface area contributed by atoms with Gasteiger partial charge in [-0.05, 0) is 22.8 Å². The second kappa shape index (κ2) is 16.1. The molecule has 2 N–H and O–H groups in total. The van der Waals surface area contributed by atoms with Gasteiger partial charge in [-0.15, -0.1) is 0 Å². The molecule has 5 aromatic rings. The Hall–Kier alpha value is 0.923. The van der Waals surface area contributed by atoms with Crippen molar-refractivity contribution >= 4 is 160 Å². The average Bonchev–Trinajstić information content (AvgIpc) is 2.82. The van der Waals surface area contributed by atoms with Gasteiger partial charge < -0.3 is 0 Å². The monoisotopic (exact) mass is 690 g/mol. The van der Waals surface area contributed by atoms with Crippen LogP contribution in [0.15, 0.2) is 95.0 Å². The quantitative estimate of drug-likeness (QED) is 0.166. The SMILES string of the molecule is O=S(=O)(O)c1nc2c(ccc3c(-c4ccccc4)ccnc32)c(-c2ccccc2)c1S(=O)(=O)O.[NaH].[NaH].[NaH].[NaH].[Ru]. The van der Waals surface area contributed by atoms with Gasteiger partial charge in [-0.3, -0.25) is 14.1 Å². The number of nitrogens with zero attached hydrogens (tertiary/aromatic N) is 2. The topological polar surface area (TPSA) is 135 Å². The Labute approximate surface area is 327 Å². The van der Waals surface area contributed by atoms with Crippen molar-refractivity contribution in [3.63, 3.8) is 0 Å². The van der Waals surface area contributed by atoms with Gasteiger partial charge in [-0.25, -0.2) is 4.98 Å². The van der Waals surface area contributed by atoms with Crippen LogP contribution in [0.4, 0.5) is 0 Å².